The van der Waals surface area contributed by atoms with Crippen LogP contribution in [0.5, 0.6) is 0 Å². The fourth-order valence-corrected chi connectivity index (χ4v) is 5.48. The number of aryl methyl sites for hydroxylation is 1. The van der Waals surface area contributed by atoms with Gasteiger partial charge >= 0.3 is 0 Å². The highest BCUT2D eigenvalue weighted by Gasteiger charge is 2.19. The van der Waals surface area contributed by atoms with E-state index >= 15 is 0 Å². The maximum atomic E-state index is 13.2. The molecule has 0 saturated heterocycles. The molecule has 0 radical (unpaired) electrons. The predicted octanol–water partition coefficient (Wildman–Crippen LogP) is 7.71. The summed E-state index contributed by atoms with van der Waals surface area (Å²) in [5.74, 6) is 0.417. The quantitative estimate of drug-likeness (QED) is 0.216. The van der Waals surface area contributed by atoms with Gasteiger partial charge in [-0.2, -0.15) is 5.10 Å². The first kappa shape index (κ1) is 24.1. The van der Waals surface area contributed by atoms with Gasteiger partial charge in [-0.3, -0.25) is 14.5 Å². The second-order valence-electron chi connectivity index (χ2n) is 8.36. The van der Waals surface area contributed by atoms with E-state index in [1.54, 1.807) is 18.0 Å². The Morgan fingerprint density at radius 1 is 1.00 bits per heavy atom. The van der Waals surface area contributed by atoms with Crippen LogP contribution >= 0.6 is 23.4 Å². The Hall–Kier alpha value is -3.61. The van der Waals surface area contributed by atoms with Gasteiger partial charge in [0.2, 0.25) is 0 Å². The van der Waals surface area contributed by atoms with Gasteiger partial charge in [-0.1, -0.05) is 79.2 Å². The van der Waals surface area contributed by atoms with E-state index in [2.05, 4.69) is 17.2 Å². The molecule has 0 aliphatic heterocycles. The summed E-state index contributed by atoms with van der Waals surface area (Å²) in [5, 5.41) is 9.43. The highest BCUT2D eigenvalue weighted by Crippen LogP contribution is 2.35. The van der Waals surface area contributed by atoms with Gasteiger partial charge < -0.3 is 5.32 Å². The standard InChI is InChI=1S/C29H25ClN4OS/c1-2-16-34-28(30)24(27(33-34)20-10-4-3-5-11-20)19-36-26-15-9-7-13-23(26)29(35)32-22-17-21-12-6-8-14-25(21)31-18-22/h3-15,17-18H,2,16,19H2,1H3,(H,32,35). The third-order valence-electron chi connectivity index (χ3n) is 5.82. The highest BCUT2D eigenvalue weighted by atomic mass is 35.5. The number of thioether (sulfide) groups is 1. The molecular formula is C29H25ClN4OS. The molecule has 3 aromatic carbocycles. The lowest BCUT2D eigenvalue weighted by molar-refractivity contribution is 0.102. The Morgan fingerprint density at radius 3 is 2.58 bits per heavy atom. The number of nitrogens with one attached hydrogen (secondary N) is 1. The Balaban J connectivity index is 1.39. The summed E-state index contributed by atoms with van der Waals surface area (Å²) in [6.07, 6.45) is 2.62. The van der Waals surface area contributed by atoms with Crippen molar-refractivity contribution in [2.45, 2.75) is 30.5 Å². The van der Waals surface area contributed by atoms with Crippen LogP contribution < -0.4 is 5.32 Å². The Bertz CT molecular complexity index is 1520. The summed E-state index contributed by atoms with van der Waals surface area (Å²) in [7, 11) is 0. The number of anilines is 1. The summed E-state index contributed by atoms with van der Waals surface area (Å²) >= 11 is 8.36. The lowest BCUT2D eigenvalue weighted by Gasteiger charge is -2.11. The molecular weight excluding hydrogens is 488 g/mol. The van der Waals surface area contributed by atoms with E-state index in [4.69, 9.17) is 16.7 Å². The summed E-state index contributed by atoms with van der Waals surface area (Å²) in [6.45, 7) is 2.86. The predicted molar refractivity (Wildman–Crippen MR) is 149 cm³/mol. The number of carbonyl (C=O) groups is 1. The van der Waals surface area contributed by atoms with Gasteiger partial charge in [0.05, 0.1) is 28.7 Å². The van der Waals surface area contributed by atoms with Gasteiger partial charge in [-0.05, 0) is 30.7 Å². The molecule has 5 aromatic rings. The number of hydrogen-bond donors (Lipinski definition) is 1. The minimum atomic E-state index is -0.175. The first-order valence-electron chi connectivity index (χ1n) is 11.8. The zero-order chi connectivity index (χ0) is 24.9. The average molecular weight is 513 g/mol. The number of carbonyl (C=O) groups excluding carboxylic acids is 1. The van der Waals surface area contributed by atoms with Crippen LogP contribution in [0.25, 0.3) is 22.2 Å². The zero-order valence-corrected chi connectivity index (χ0v) is 21.4. The van der Waals surface area contributed by atoms with Crippen molar-refractivity contribution < 1.29 is 4.79 Å². The Kier molecular flexibility index (Phi) is 7.35. The molecule has 0 unspecified atom stereocenters. The molecule has 0 saturated carbocycles. The molecule has 1 amide bonds. The maximum Gasteiger partial charge on any atom is 0.256 e. The number of fused-ring (bicyclic) bond motifs is 1. The van der Waals surface area contributed by atoms with Crippen molar-refractivity contribution in [1.29, 1.82) is 0 Å². The average Bonchev–Trinajstić information content (AvgIpc) is 3.23. The van der Waals surface area contributed by atoms with E-state index in [0.29, 0.717) is 22.2 Å². The SMILES string of the molecule is CCCn1nc(-c2ccccc2)c(CSc2ccccc2C(=O)Nc2cnc3ccccc3c2)c1Cl. The van der Waals surface area contributed by atoms with E-state index in [1.807, 2.05) is 89.6 Å². The van der Waals surface area contributed by atoms with Gasteiger partial charge in [0, 0.05) is 33.7 Å². The molecule has 2 heterocycles. The van der Waals surface area contributed by atoms with E-state index in [-0.39, 0.29) is 5.91 Å². The molecule has 0 bridgehead atoms. The molecule has 0 aliphatic rings. The van der Waals surface area contributed by atoms with E-state index in [0.717, 1.165) is 45.6 Å². The third kappa shape index (κ3) is 5.15. The smallest absolute Gasteiger partial charge is 0.256 e. The number of hydrogen-bond acceptors (Lipinski definition) is 4. The molecule has 0 fully saturated rings. The van der Waals surface area contributed by atoms with Crippen LogP contribution in [0.1, 0.15) is 29.3 Å². The largest absolute Gasteiger partial charge is 0.321 e. The molecule has 0 atom stereocenters. The number of amides is 1. The molecule has 1 N–H and O–H groups in total. The first-order chi connectivity index (χ1) is 17.6. The molecule has 2 aromatic heterocycles. The van der Waals surface area contributed by atoms with Crippen molar-refractivity contribution in [2.75, 3.05) is 5.32 Å². The van der Waals surface area contributed by atoms with Gasteiger partial charge in [-0.25, -0.2) is 0 Å². The molecule has 5 rings (SSSR count). The second kappa shape index (κ2) is 11.0. The maximum absolute atomic E-state index is 13.2. The van der Waals surface area contributed by atoms with Gasteiger partial charge in [0.1, 0.15) is 5.15 Å². The molecule has 0 aliphatic carbocycles. The van der Waals surface area contributed by atoms with E-state index in [9.17, 15) is 4.79 Å². The van der Waals surface area contributed by atoms with E-state index in [1.165, 1.54) is 0 Å². The monoisotopic (exact) mass is 512 g/mol. The number of benzene rings is 3. The molecule has 180 valence electrons. The number of nitrogens with zero attached hydrogens (tertiary/aromatic N) is 3. The van der Waals surface area contributed by atoms with Crippen molar-refractivity contribution in [2.24, 2.45) is 0 Å². The fourth-order valence-electron chi connectivity index (χ4n) is 4.06. The summed E-state index contributed by atoms with van der Waals surface area (Å²) in [4.78, 5) is 18.6. The van der Waals surface area contributed by atoms with Crippen LogP contribution in [0, 0.1) is 0 Å². The van der Waals surface area contributed by atoms with Crippen molar-refractivity contribution in [3.05, 3.63) is 107 Å². The number of pyridine rings is 1. The number of rotatable bonds is 8. The third-order valence-corrected chi connectivity index (χ3v) is 7.34. The first-order valence-corrected chi connectivity index (χ1v) is 13.2. The van der Waals surface area contributed by atoms with Crippen LogP contribution in [-0.2, 0) is 12.3 Å². The van der Waals surface area contributed by atoms with Crippen molar-refractivity contribution in [3.63, 3.8) is 0 Å². The highest BCUT2D eigenvalue weighted by molar-refractivity contribution is 7.98. The molecule has 7 heteroatoms. The minimum Gasteiger partial charge on any atom is -0.321 e. The topological polar surface area (TPSA) is 59.8 Å². The number of aromatic nitrogens is 3. The summed E-state index contributed by atoms with van der Waals surface area (Å²) < 4.78 is 1.87. The summed E-state index contributed by atoms with van der Waals surface area (Å²) in [5.41, 5.74) is 5.03. The molecule has 5 nitrogen and oxygen atoms in total. The minimum absolute atomic E-state index is 0.175. The van der Waals surface area contributed by atoms with Crippen LogP contribution in [0.2, 0.25) is 5.15 Å². The normalized spacial score (nSPS) is 11.1. The van der Waals surface area contributed by atoms with Crippen LogP contribution in [0.4, 0.5) is 5.69 Å². The number of para-hydroxylation sites is 1. The number of halogens is 1. The van der Waals surface area contributed by atoms with E-state index < -0.39 is 0 Å². The van der Waals surface area contributed by atoms with Gasteiger partial charge in [0.25, 0.3) is 5.91 Å². The van der Waals surface area contributed by atoms with Gasteiger partial charge in [0.15, 0.2) is 0 Å². The Morgan fingerprint density at radius 2 is 1.75 bits per heavy atom. The van der Waals surface area contributed by atoms with Crippen molar-refractivity contribution >= 4 is 45.9 Å². The molecule has 0 spiro atoms. The van der Waals surface area contributed by atoms with Crippen LogP contribution in [0.3, 0.4) is 0 Å². The van der Waals surface area contributed by atoms with Crippen molar-refractivity contribution in [1.82, 2.24) is 14.8 Å². The lowest BCUT2D eigenvalue weighted by atomic mass is 10.1. The van der Waals surface area contributed by atoms with Crippen LogP contribution in [0.15, 0.2) is 96.0 Å². The van der Waals surface area contributed by atoms with Crippen LogP contribution in [-0.4, -0.2) is 20.7 Å². The van der Waals surface area contributed by atoms with Gasteiger partial charge in [-0.15, -0.1) is 11.8 Å². The second-order valence-corrected chi connectivity index (χ2v) is 9.74. The zero-order valence-electron chi connectivity index (χ0n) is 19.8. The Labute approximate surface area is 219 Å². The lowest BCUT2D eigenvalue weighted by Crippen LogP contribution is -2.13. The van der Waals surface area contributed by atoms with Crippen molar-refractivity contribution in [3.8, 4) is 11.3 Å². The molecule has 36 heavy (non-hydrogen) atoms. The summed E-state index contributed by atoms with van der Waals surface area (Å²) in [6, 6.07) is 27.5. The fraction of sp³-hybridized carbons (Fsp3) is 0.138.